The number of rotatable bonds is 10. The van der Waals surface area contributed by atoms with E-state index in [0.29, 0.717) is 11.3 Å². The molecule has 1 aliphatic heterocycles. The van der Waals surface area contributed by atoms with E-state index in [2.05, 4.69) is 20.4 Å². The maximum atomic E-state index is 12.2. The van der Waals surface area contributed by atoms with Gasteiger partial charge >= 0.3 is 14.1 Å². The molecule has 3 heterocycles. The fraction of sp³-hybridized carbons (Fsp3) is 0.462. The highest BCUT2D eigenvalue weighted by Gasteiger charge is 2.57. The predicted octanol–water partition coefficient (Wildman–Crippen LogP) is 0.843. The van der Waals surface area contributed by atoms with Gasteiger partial charge in [0.15, 0.2) is 11.6 Å². The van der Waals surface area contributed by atoms with Crippen LogP contribution in [0.15, 0.2) is 47.6 Å². The van der Waals surface area contributed by atoms with Gasteiger partial charge in [-0.15, -0.1) is 0 Å². The molecule has 1 saturated carbocycles. The number of nitrogen functional groups attached to an aromatic ring is 1. The van der Waals surface area contributed by atoms with Crippen molar-refractivity contribution in [2.24, 2.45) is 4.85 Å². The Morgan fingerprint density at radius 3 is 2.74 bits per heavy atom. The smallest absolute Gasteiger partial charge is 0.412 e. The third-order valence-electron chi connectivity index (χ3n) is 7.18. The van der Waals surface area contributed by atoms with Crippen LogP contribution in [0, 0.1) is 11.3 Å². The summed E-state index contributed by atoms with van der Waals surface area (Å²) in [4.78, 5) is 32.0. The van der Waals surface area contributed by atoms with Gasteiger partial charge < -0.3 is 35.1 Å². The van der Waals surface area contributed by atoms with Gasteiger partial charge in [0.05, 0.1) is 5.69 Å². The summed E-state index contributed by atoms with van der Waals surface area (Å²) in [5.41, 5.74) is 7.03. The summed E-state index contributed by atoms with van der Waals surface area (Å²) in [5.74, 6) is 0.289. The number of nitrogens with one attached hydrogen (secondary N) is 1. The lowest BCUT2D eigenvalue weighted by Gasteiger charge is -2.24. The van der Waals surface area contributed by atoms with Crippen LogP contribution in [0.25, 0.3) is 5.52 Å². The number of nitriles is 1. The molecule has 5 rings (SSSR count). The van der Waals surface area contributed by atoms with E-state index < -0.39 is 44.1 Å². The molecule has 1 aromatic carbocycles. The van der Waals surface area contributed by atoms with Gasteiger partial charge in [-0.3, -0.25) is 9.32 Å². The first-order valence-corrected chi connectivity index (χ1v) is 14.4. The Hall–Kier alpha value is -3.90. The summed E-state index contributed by atoms with van der Waals surface area (Å²) >= 11 is 0. The van der Waals surface area contributed by atoms with Crippen LogP contribution in [0.1, 0.15) is 38.3 Å². The van der Waals surface area contributed by atoms with Gasteiger partial charge in [0.2, 0.25) is 5.60 Å². The van der Waals surface area contributed by atoms with E-state index in [4.69, 9.17) is 24.5 Å². The van der Waals surface area contributed by atoms with Crippen LogP contribution < -0.4 is 25.3 Å². The molecule has 0 bridgehead atoms. The van der Waals surface area contributed by atoms with Crippen molar-refractivity contribution in [2.45, 2.75) is 68.7 Å². The maximum Gasteiger partial charge on any atom is 0.412 e. The van der Waals surface area contributed by atoms with E-state index in [1.165, 1.54) is 41.2 Å². The number of hydrogen-bond donors (Lipinski definition) is 4. The number of nitrogens with zero attached hydrogens (tertiary/aromatic N) is 5. The van der Waals surface area contributed by atoms with Crippen LogP contribution in [0.5, 0.6) is 11.5 Å². The van der Waals surface area contributed by atoms with E-state index in [1.807, 2.05) is 6.07 Å². The van der Waals surface area contributed by atoms with Crippen molar-refractivity contribution in [3.63, 3.8) is 0 Å². The van der Waals surface area contributed by atoms with E-state index in [0.717, 1.165) is 25.7 Å². The molecule has 2 aliphatic rings. The van der Waals surface area contributed by atoms with Gasteiger partial charge in [-0.1, -0.05) is 0 Å². The van der Waals surface area contributed by atoms with Crippen LogP contribution in [0.4, 0.5) is 5.82 Å². The SMILES string of the molecule is C[C@H](N/N=[P+](\[O-])Oc1ccc(OC[C@H]2O[C@@](C#N)(c3ccc4c(N)ncnn34)[C@H](O)[C@@H]2O)cc1)C(=O)OC1CCCC1. The Balaban J connectivity index is 1.16. The summed E-state index contributed by atoms with van der Waals surface area (Å²) < 4.78 is 23.6. The zero-order chi connectivity index (χ0) is 29.9. The maximum absolute atomic E-state index is 12.2. The number of aliphatic hydroxyl groups excluding tert-OH is 2. The molecular formula is C26H30N7O8P. The van der Waals surface area contributed by atoms with Crippen molar-refractivity contribution in [3.05, 3.63) is 48.4 Å². The number of anilines is 1. The summed E-state index contributed by atoms with van der Waals surface area (Å²) in [6, 6.07) is 10.3. The summed E-state index contributed by atoms with van der Waals surface area (Å²) in [6.45, 7) is 1.36. The zero-order valence-electron chi connectivity index (χ0n) is 22.6. The number of aromatic nitrogens is 3. The summed E-state index contributed by atoms with van der Waals surface area (Å²) in [6.07, 6.45) is 0.766. The molecule has 5 N–H and O–H groups in total. The average Bonchev–Trinajstić information content (AvgIpc) is 3.72. The first-order valence-electron chi connectivity index (χ1n) is 13.3. The van der Waals surface area contributed by atoms with Crippen molar-refractivity contribution >= 4 is 25.5 Å². The monoisotopic (exact) mass is 599 g/mol. The number of carbonyl (C=O) groups excluding carboxylic acids is 1. The number of ether oxygens (including phenoxy) is 3. The third kappa shape index (κ3) is 6.00. The fourth-order valence-electron chi connectivity index (χ4n) is 4.89. The molecular weight excluding hydrogens is 569 g/mol. The molecule has 0 amide bonds. The lowest BCUT2D eigenvalue weighted by atomic mass is 9.92. The quantitative estimate of drug-likeness (QED) is 0.144. The highest BCUT2D eigenvalue weighted by molar-refractivity contribution is 7.33. The second kappa shape index (κ2) is 12.5. The molecule has 15 nitrogen and oxygen atoms in total. The first-order chi connectivity index (χ1) is 20.2. The lowest BCUT2D eigenvalue weighted by Crippen LogP contribution is -2.41. The minimum absolute atomic E-state index is 0.0790. The van der Waals surface area contributed by atoms with Crippen molar-refractivity contribution in [3.8, 4) is 17.6 Å². The Labute approximate surface area is 241 Å². The second-order valence-corrected chi connectivity index (χ2v) is 10.9. The number of fused-ring (bicyclic) bond motifs is 1. The van der Waals surface area contributed by atoms with E-state index in [9.17, 15) is 25.2 Å². The van der Waals surface area contributed by atoms with Crippen LogP contribution in [-0.2, 0) is 19.9 Å². The number of benzene rings is 1. The van der Waals surface area contributed by atoms with Crippen molar-refractivity contribution in [2.75, 3.05) is 12.3 Å². The molecule has 3 aromatic rings. The van der Waals surface area contributed by atoms with Gasteiger partial charge in [-0.05, 0) is 69.0 Å². The summed E-state index contributed by atoms with van der Waals surface area (Å²) in [5, 5.41) is 35.7. The average molecular weight is 600 g/mol. The highest BCUT2D eigenvalue weighted by atomic mass is 31.1. The highest BCUT2D eigenvalue weighted by Crippen LogP contribution is 2.40. The molecule has 222 valence electrons. The number of hydrogen-bond acceptors (Lipinski definition) is 13. The molecule has 2 aromatic heterocycles. The zero-order valence-corrected chi connectivity index (χ0v) is 23.5. The minimum atomic E-state index is -2.53. The fourth-order valence-corrected chi connectivity index (χ4v) is 5.51. The number of aliphatic hydroxyl groups is 2. The van der Waals surface area contributed by atoms with Gasteiger partial charge in [-0.25, -0.2) is 9.50 Å². The number of esters is 1. The van der Waals surface area contributed by atoms with Gasteiger partial charge in [0.25, 0.3) is 0 Å². The largest absolute Gasteiger partial charge is 0.574 e. The standard InChI is InChI=1S/C26H30N7O8P/c1-15(25(36)39-17-4-2-3-5-17)31-32-42(37)41-18-8-6-16(7-9-18)38-12-20-22(34)23(35)26(13-27,40-20)21-11-10-19-24(28)29-14-30-33(19)21/h6-11,14-15,17,20,22-23,31,34-35H,2-5,12H2,1H3,(H2,28,29,30)/t15-,20+,22+,23+,26-/m0/s1. The van der Waals surface area contributed by atoms with Gasteiger partial charge in [0.1, 0.15) is 60.7 Å². The molecule has 1 unspecified atom stereocenters. The van der Waals surface area contributed by atoms with Crippen molar-refractivity contribution < 1.29 is 38.6 Å². The van der Waals surface area contributed by atoms with Crippen molar-refractivity contribution in [1.82, 2.24) is 20.0 Å². The van der Waals surface area contributed by atoms with Crippen LogP contribution in [-0.4, -0.2) is 67.8 Å². The van der Waals surface area contributed by atoms with Crippen molar-refractivity contribution in [1.29, 1.82) is 5.26 Å². The minimum Gasteiger partial charge on any atom is -0.574 e. The molecule has 1 saturated heterocycles. The number of carbonyl (C=O) groups is 1. The molecule has 0 radical (unpaired) electrons. The van der Waals surface area contributed by atoms with Crippen LogP contribution in [0.3, 0.4) is 0 Å². The van der Waals surface area contributed by atoms with Gasteiger partial charge in [-0.2, -0.15) is 15.8 Å². The van der Waals surface area contributed by atoms with Crippen LogP contribution >= 0.6 is 8.17 Å². The predicted molar refractivity (Wildman–Crippen MR) is 144 cm³/mol. The second-order valence-electron chi connectivity index (χ2n) is 10.0. The van der Waals surface area contributed by atoms with E-state index in [-0.39, 0.29) is 30.0 Å². The molecule has 2 fully saturated rings. The van der Waals surface area contributed by atoms with Crippen LogP contribution in [0.2, 0.25) is 0 Å². The molecule has 0 spiro atoms. The Bertz CT molecular complexity index is 1490. The Morgan fingerprint density at radius 1 is 1.31 bits per heavy atom. The number of nitrogens with two attached hydrogens (primary N) is 1. The third-order valence-corrected chi connectivity index (χ3v) is 7.83. The molecule has 42 heavy (non-hydrogen) atoms. The van der Waals surface area contributed by atoms with Gasteiger partial charge in [0, 0.05) is 4.85 Å². The Morgan fingerprint density at radius 2 is 2.02 bits per heavy atom. The molecule has 6 atom stereocenters. The summed E-state index contributed by atoms with van der Waals surface area (Å²) in [7, 11) is -2.53. The Kier molecular flexibility index (Phi) is 8.83. The molecule has 16 heteroatoms. The topological polar surface area (TPSA) is 222 Å². The lowest BCUT2D eigenvalue weighted by molar-refractivity contribution is -0.169. The molecule has 1 aliphatic carbocycles. The van der Waals surface area contributed by atoms with E-state index in [1.54, 1.807) is 13.0 Å². The normalized spacial score (nSPS) is 25.3. The van der Waals surface area contributed by atoms with E-state index >= 15 is 0 Å². The first kappa shape index (κ1) is 29.6.